The fourth-order valence-corrected chi connectivity index (χ4v) is 1.85. The average Bonchev–Trinajstić information content (AvgIpc) is 2.78. The van der Waals surface area contributed by atoms with E-state index in [4.69, 9.17) is 14.6 Å². The highest BCUT2D eigenvalue weighted by Crippen LogP contribution is 2.26. The SMILES string of the molecule is COc1cn(C2CCC(CO)O2)c(=O)[nH]c1=O. The molecule has 1 fully saturated rings. The fraction of sp³-hybridized carbons (Fsp3) is 0.600. The Morgan fingerprint density at radius 1 is 1.59 bits per heavy atom. The van der Waals surface area contributed by atoms with Gasteiger partial charge < -0.3 is 14.6 Å². The van der Waals surface area contributed by atoms with Gasteiger partial charge in [0.1, 0.15) is 6.23 Å². The summed E-state index contributed by atoms with van der Waals surface area (Å²) >= 11 is 0. The first-order chi connectivity index (χ1) is 8.15. The standard InChI is InChI=1S/C10H14N2O5/c1-16-7-4-12(10(15)11-9(7)14)8-3-2-6(5-13)17-8/h4,6,8,13H,2-3,5H2,1H3,(H,11,14,15). The van der Waals surface area contributed by atoms with E-state index < -0.39 is 17.5 Å². The van der Waals surface area contributed by atoms with Crippen molar-refractivity contribution in [2.24, 2.45) is 0 Å². The number of H-pyrrole nitrogens is 1. The first-order valence-corrected chi connectivity index (χ1v) is 5.31. The molecule has 0 radical (unpaired) electrons. The first-order valence-electron chi connectivity index (χ1n) is 5.31. The molecule has 0 aromatic carbocycles. The van der Waals surface area contributed by atoms with E-state index in [9.17, 15) is 9.59 Å². The lowest BCUT2D eigenvalue weighted by atomic mass is 10.2. The average molecular weight is 242 g/mol. The predicted molar refractivity (Wildman–Crippen MR) is 58.1 cm³/mol. The van der Waals surface area contributed by atoms with Gasteiger partial charge in [-0.15, -0.1) is 0 Å². The van der Waals surface area contributed by atoms with Gasteiger partial charge in [-0.25, -0.2) is 4.79 Å². The molecule has 1 aliphatic rings. The third-order valence-corrected chi connectivity index (χ3v) is 2.75. The van der Waals surface area contributed by atoms with Crippen molar-refractivity contribution in [2.75, 3.05) is 13.7 Å². The Bertz CT molecular complexity index is 506. The number of nitrogens with zero attached hydrogens (tertiary/aromatic N) is 1. The van der Waals surface area contributed by atoms with Gasteiger partial charge in [0.05, 0.1) is 26.0 Å². The van der Waals surface area contributed by atoms with Crippen molar-refractivity contribution in [3.8, 4) is 5.75 Å². The van der Waals surface area contributed by atoms with Crippen LogP contribution in [0.2, 0.25) is 0 Å². The molecule has 1 saturated heterocycles. The molecule has 0 spiro atoms. The van der Waals surface area contributed by atoms with Gasteiger partial charge in [-0.2, -0.15) is 0 Å². The van der Waals surface area contributed by atoms with Crippen molar-refractivity contribution < 1.29 is 14.6 Å². The number of hydrogen-bond donors (Lipinski definition) is 2. The van der Waals surface area contributed by atoms with E-state index in [1.165, 1.54) is 17.9 Å². The maximum Gasteiger partial charge on any atom is 0.330 e. The van der Waals surface area contributed by atoms with Crippen molar-refractivity contribution in [2.45, 2.75) is 25.2 Å². The van der Waals surface area contributed by atoms with Gasteiger partial charge in [0.25, 0.3) is 5.56 Å². The first kappa shape index (κ1) is 11.9. The molecule has 2 heterocycles. The maximum absolute atomic E-state index is 11.6. The van der Waals surface area contributed by atoms with Crippen LogP contribution in [-0.4, -0.2) is 34.5 Å². The van der Waals surface area contributed by atoms with Crippen molar-refractivity contribution in [3.05, 3.63) is 27.0 Å². The predicted octanol–water partition coefficient (Wildman–Crippen LogP) is -0.785. The topological polar surface area (TPSA) is 93.6 Å². The minimum atomic E-state index is -0.564. The van der Waals surface area contributed by atoms with Gasteiger partial charge >= 0.3 is 5.69 Å². The number of aromatic amines is 1. The van der Waals surface area contributed by atoms with Gasteiger partial charge in [-0.3, -0.25) is 14.3 Å². The number of hydrogen-bond acceptors (Lipinski definition) is 5. The highest BCUT2D eigenvalue weighted by molar-refractivity contribution is 5.12. The van der Waals surface area contributed by atoms with Crippen LogP contribution in [-0.2, 0) is 4.74 Å². The van der Waals surface area contributed by atoms with Crippen LogP contribution >= 0.6 is 0 Å². The quantitative estimate of drug-likeness (QED) is 0.724. The zero-order chi connectivity index (χ0) is 12.4. The molecule has 0 saturated carbocycles. The smallest absolute Gasteiger partial charge is 0.330 e. The minimum Gasteiger partial charge on any atom is -0.490 e. The third-order valence-electron chi connectivity index (χ3n) is 2.75. The molecule has 1 aromatic rings. The molecule has 1 aliphatic heterocycles. The molecular formula is C10H14N2O5. The molecule has 7 nitrogen and oxygen atoms in total. The molecule has 2 rings (SSSR count). The summed E-state index contributed by atoms with van der Waals surface area (Å²) in [6.45, 7) is -0.0776. The van der Waals surface area contributed by atoms with E-state index in [1.807, 2.05) is 0 Å². The third kappa shape index (κ3) is 2.25. The molecular weight excluding hydrogens is 228 g/mol. The fourth-order valence-electron chi connectivity index (χ4n) is 1.85. The monoisotopic (exact) mass is 242 g/mol. The van der Waals surface area contributed by atoms with Gasteiger partial charge in [0, 0.05) is 0 Å². The van der Waals surface area contributed by atoms with Crippen molar-refractivity contribution in [3.63, 3.8) is 0 Å². The number of aliphatic hydroxyl groups excluding tert-OH is 1. The van der Waals surface area contributed by atoms with Gasteiger partial charge in [-0.05, 0) is 12.8 Å². The van der Waals surface area contributed by atoms with Gasteiger partial charge in [-0.1, -0.05) is 0 Å². The number of methoxy groups -OCH3 is 1. The van der Waals surface area contributed by atoms with Crippen molar-refractivity contribution >= 4 is 0 Å². The molecule has 2 atom stereocenters. The van der Waals surface area contributed by atoms with Crippen molar-refractivity contribution in [1.82, 2.24) is 9.55 Å². The van der Waals surface area contributed by atoms with Crippen LogP contribution in [0, 0.1) is 0 Å². The summed E-state index contributed by atoms with van der Waals surface area (Å²) in [5, 5.41) is 8.95. The maximum atomic E-state index is 11.6. The Morgan fingerprint density at radius 2 is 2.35 bits per heavy atom. The number of ether oxygens (including phenoxy) is 2. The molecule has 0 amide bonds. The van der Waals surface area contributed by atoms with Crippen LogP contribution in [0.4, 0.5) is 0 Å². The Kier molecular flexibility index (Phi) is 3.30. The second-order valence-corrected chi connectivity index (χ2v) is 3.84. The normalized spacial score (nSPS) is 23.9. The lowest BCUT2D eigenvalue weighted by Crippen LogP contribution is -2.32. The van der Waals surface area contributed by atoms with Gasteiger partial charge in [0.15, 0.2) is 0 Å². The van der Waals surface area contributed by atoms with Crippen LogP contribution < -0.4 is 16.0 Å². The van der Waals surface area contributed by atoms with E-state index in [0.29, 0.717) is 12.8 Å². The minimum absolute atomic E-state index is 0.0562. The van der Waals surface area contributed by atoms with E-state index in [-0.39, 0.29) is 18.5 Å². The molecule has 1 aromatic heterocycles. The van der Waals surface area contributed by atoms with Crippen molar-refractivity contribution in [1.29, 1.82) is 0 Å². The second kappa shape index (κ2) is 4.72. The van der Waals surface area contributed by atoms with Crippen LogP contribution in [0.15, 0.2) is 15.8 Å². The molecule has 7 heteroatoms. The summed E-state index contributed by atoms with van der Waals surface area (Å²) in [5.74, 6) is 0.0562. The van der Waals surface area contributed by atoms with E-state index in [2.05, 4.69) is 4.98 Å². The molecule has 17 heavy (non-hydrogen) atoms. The Labute approximate surface area is 96.6 Å². The second-order valence-electron chi connectivity index (χ2n) is 3.84. The largest absolute Gasteiger partial charge is 0.490 e. The summed E-state index contributed by atoms with van der Waals surface area (Å²) in [7, 11) is 1.35. The molecule has 0 aliphatic carbocycles. The summed E-state index contributed by atoms with van der Waals surface area (Å²) in [6, 6.07) is 0. The molecule has 94 valence electrons. The van der Waals surface area contributed by atoms with Crippen LogP contribution in [0.25, 0.3) is 0 Å². The van der Waals surface area contributed by atoms with Gasteiger partial charge in [0.2, 0.25) is 5.75 Å². The summed E-state index contributed by atoms with van der Waals surface area (Å²) in [4.78, 5) is 25.0. The van der Waals surface area contributed by atoms with Crippen LogP contribution in [0.1, 0.15) is 19.1 Å². The summed E-state index contributed by atoms with van der Waals surface area (Å²) in [6.07, 6.45) is 1.89. The van der Waals surface area contributed by atoms with E-state index in [0.717, 1.165) is 0 Å². The van der Waals surface area contributed by atoms with E-state index in [1.54, 1.807) is 0 Å². The number of aromatic nitrogens is 2. The highest BCUT2D eigenvalue weighted by Gasteiger charge is 2.27. The molecule has 2 unspecified atom stereocenters. The lowest BCUT2D eigenvalue weighted by molar-refractivity contribution is -0.0249. The number of aliphatic hydroxyl groups is 1. The number of nitrogens with one attached hydrogen (secondary N) is 1. The van der Waals surface area contributed by atoms with E-state index >= 15 is 0 Å². The van der Waals surface area contributed by atoms with Crippen LogP contribution in [0.3, 0.4) is 0 Å². The molecule has 0 bridgehead atoms. The summed E-state index contributed by atoms with van der Waals surface area (Å²) in [5.41, 5.74) is -1.11. The zero-order valence-electron chi connectivity index (χ0n) is 9.38. The zero-order valence-corrected chi connectivity index (χ0v) is 9.38. The van der Waals surface area contributed by atoms with Crippen LogP contribution in [0.5, 0.6) is 5.75 Å². The highest BCUT2D eigenvalue weighted by atomic mass is 16.5. The number of rotatable bonds is 3. The lowest BCUT2D eigenvalue weighted by Gasteiger charge is -2.15. The molecule has 2 N–H and O–H groups in total. The Balaban J connectivity index is 2.33. The summed E-state index contributed by atoms with van der Waals surface area (Å²) < 4.78 is 11.6. The Hall–Kier alpha value is -1.60. The Morgan fingerprint density at radius 3 is 2.94 bits per heavy atom.